The molecule has 6 aromatic rings. The number of aromatic nitrogens is 6. The number of aryl methyl sites for hydroxylation is 5. The van der Waals surface area contributed by atoms with E-state index in [1.54, 1.807) is 10.8 Å². The van der Waals surface area contributed by atoms with Gasteiger partial charge in [-0.25, -0.2) is 9.97 Å². The van der Waals surface area contributed by atoms with E-state index >= 15 is 0 Å². The topological polar surface area (TPSA) is 75.3 Å². The van der Waals surface area contributed by atoms with Gasteiger partial charge in [0, 0.05) is 5.22 Å². The van der Waals surface area contributed by atoms with E-state index in [2.05, 4.69) is 101 Å². The van der Waals surface area contributed by atoms with Gasteiger partial charge in [0.05, 0.1) is 34.3 Å². The van der Waals surface area contributed by atoms with Crippen molar-refractivity contribution >= 4 is 45.6 Å². The van der Waals surface area contributed by atoms with E-state index in [9.17, 15) is 0 Å². The molecule has 0 radical (unpaired) electrons. The van der Waals surface area contributed by atoms with Crippen LogP contribution in [0.5, 0.6) is 0 Å². The molecule has 3 aromatic carbocycles. The molecule has 8 nitrogen and oxygen atoms in total. The van der Waals surface area contributed by atoms with Crippen LogP contribution in [-0.4, -0.2) is 30.0 Å². The molecule has 1 aliphatic rings. The molecule has 0 unspecified atom stereocenters. The van der Waals surface area contributed by atoms with Crippen LogP contribution in [0.3, 0.4) is 0 Å². The molecule has 0 amide bonds. The van der Waals surface area contributed by atoms with Crippen LogP contribution < -0.4 is 15.0 Å². The predicted octanol–water partition coefficient (Wildman–Crippen LogP) is 5.94. The largest absolute Gasteiger partial charge is 0.276 e. The first kappa shape index (κ1) is 24.0. The molecule has 0 N–H and O–H groups in total. The normalized spacial score (nSPS) is 13.6. The van der Waals surface area contributed by atoms with Crippen LogP contribution in [0.1, 0.15) is 27.9 Å². The summed E-state index contributed by atoms with van der Waals surface area (Å²) in [5.41, 5.74) is 10.3. The number of hydrogen-bond acceptors (Lipinski definition) is 7. The number of hydrogen-bond donors (Lipinski definition) is 0. The zero-order valence-electron chi connectivity index (χ0n) is 23.1. The molecule has 3 aromatic heterocycles. The van der Waals surface area contributed by atoms with Crippen LogP contribution in [0.25, 0.3) is 22.6 Å². The van der Waals surface area contributed by atoms with Gasteiger partial charge in [-0.15, -0.1) is 9.73 Å². The van der Waals surface area contributed by atoms with Crippen LogP contribution in [0.15, 0.2) is 78.8 Å². The highest BCUT2D eigenvalue weighted by atomic mass is 15.5. The van der Waals surface area contributed by atoms with Crippen molar-refractivity contribution in [3.63, 3.8) is 0 Å². The van der Waals surface area contributed by atoms with Gasteiger partial charge >= 0.3 is 0 Å². The van der Waals surface area contributed by atoms with Crippen molar-refractivity contribution in [3.8, 4) is 0 Å². The Bertz CT molecular complexity index is 1900. The molecular weight excluding hydrogens is 496 g/mol. The number of allylic oxidation sites excluding steroid dienone is 1. The van der Waals surface area contributed by atoms with Crippen molar-refractivity contribution in [2.45, 2.75) is 34.6 Å². The molecule has 1 aliphatic heterocycles. The average molecular weight is 525 g/mol. The van der Waals surface area contributed by atoms with E-state index in [-0.39, 0.29) is 0 Å². The fourth-order valence-corrected chi connectivity index (χ4v) is 5.73. The number of nitrogens with zero attached hydrogens (tertiary/aromatic N) is 8. The summed E-state index contributed by atoms with van der Waals surface area (Å²) in [6, 6.07) is 20.8. The Morgan fingerprint density at radius 3 is 1.68 bits per heavy atom. The predicted molar refractivity (Wildman–Crippen MR) is 159 cm³/mol. The first-order valence-corrected chi connectivity index (χ1v) is 13.3. The van der Waals surface area contributed by atoms with Gasteiger partial charge in [0.25, 0.3) is 0 Å². The van der Waals surface area contributed by atoms with E-state index < -0.39 is 0 Å². The van der Waals surface area contributed by atoms with E-state index in [1.165, 1.54) is 0 Å². The first-order chi connectivity index (χ1) is 19.4. The van der Waals surface area contributed by atoms with Gasteiger partial charge in [0.15, 0.2) is 11.6 Å². The monoisotopic (exact) mass is 524 g/mol. The smallest absolute Gasteiger partial charge is 0.183 e. The number of rotatable bonds is 3. The van der Waals surface area contributed by atoms with E-state index in [0.29, 0.717) is 0 Å². The highest BCUT2D eigenvalue weighted by Gasteiger charge is 2.38. The molecule has 4 heterocycles. The summed E-state index contributed by atoms with van der Waals surface area (Å²) in [5, 5.41) is 13.6. The van der Waals surface area contributed by atoms with Crippen molar-refractivity contribution < 1.29 is 0 Å². The van der Waals surface area contributed by atoms with Gasteiger partial charge < -0.3 is 0 Å². The van der Waals surface area contributed by atoms with Crippen molar-refractivity contribution in [3.05, 3.63) is 112 Å². The third-order valence-electron chi connectivity index (χ3n) is 7.58. The molecular formula is C32H28N8. The lowest BCUT2D eigenvalue weighted by atomic mass is 10.1. The molecule has 40 heavy (non-hydrogen) atoms. The van der Waals surface area contributed by atoms with E-state index in [4.69, 9.17) is 9.97 Å². The second-order valence-corrected chi connectivity index (χ2v) is 10.3. The average Bonchev–Trinajstić information content (AvgIpc) is 3.58. The van der Waals surface area contributed by atoms with Gasteiger partial charge in [-0.3, -0.25) is 9.80 Å². The summed E-state index contributed by atoms with van der Waals surface area (Å²) >= 11 is 0. The molecule has 0 spiro atoms. The lowest BCUT2D eigenvalue weighted by Gasteiger charge is -2.28. The lowest BCUT2D eigenvalue weighted by molar-refractivity contribution is 0.747. The van der Waals surface area contributed by atoms with Crippen molar-refractivity contribution in [2.75, 3.05) is 9.80 Å². The zero-order valence-corrected chi connectivity index (χ0v) is 23.1. The maximum Gasteiger partial charge on any atom is 0.183 e. The summed E-state index contributed by atoms with van der Waals surface area (Å²) in [5.74, 6) is 2.53. The zero-order chi connectivity index (χ0) is 27.5. The standard InChI is InChI=1S/C32H28N8/c1-19-10-8-11-20(2)29(19)38-28(17-16-24-23(5)36-40-27(24)18-33-37-40)39(30-21(3)12-9-13-22(30)4)32-31(38)34-25-14-6-7-15-26(25)35-32/h6-18H,1-5H3/b24-16-. The van der Waals surface area contributed by atoms with Crippen LogP contribution in [-0.2, 0) is 0 Å². The van der Waals surface area contributed by atoms with Gasteiger partial charge in [-0.05, 0) is 86.4 Å². The highest BCUT2D eigenvalue weighted by Crippen LogP contribution is 2.51. The van der Waals surface area contributed by atoms with Gasteiger partial charge in [0.1, 0.15) is 11.3 Å². The molecule has 8 heteroatoms. The second kappa shape index (κ2) is 8.98. The summed E-state index contributed by atoms with van der Waals surface area (Å²) in [4.78, 5) is 14.9. The number of benzene rings is 3. The minimum Gasteiger partial charge on any atom is -0.276 e. The number of para-hydroxylation sites is 4. The molecule has 7 rings (SSSR count). The maximum absolute atomic E-state index is 5.22. The molecule has 0 saturated heterocycles. The SMILES string of the molecule is Cc1cccc(C)c1N1C(=C/C=c2/c(C)nn3nncc23)N(c2c(C)cccc2C)c2nc3ccccc3nc21. The first-order valence-electron chi connectivity index (χ1n) is 13.3. The molecule has 0 saturated carbocycles. The Labute approximate surface area is 231 Å². The molecule has 196 valence electrons. The van der Waals surface area contributed by atoms with Crippen molar-refractivity contribution in [1.82, 2.24) is 30.0 Å². The third kappa shape index (κ3) is 3.56. The summed E-state index contributed by atoms with van der Waals surface area (Å²) in [6.45, 7) is 10.6. The maximum atomic E-state index is 5.22. The molecule has 0 atom stereocenters. The second-order valence-electron chi connectivity index (χ2n) is 10.3. The van der Waals surface area contributed by atoms with Gasteiger partial charge in [-0.2, -0.15) is 5.10 Å². The van der Waals surface area contributed by atoms with Gasteiger partial charge in [0.2, 0.25) is 0 Å². The fourth-order valence-electron chi connectivity index (χ4n) is 5.73. The van der Waals surface area contributed by atoms with Crippen LogP contribution in [0.2, 0.25) is 0 Å². The number of fused-ring (bicyclic) bond motifs is 3. The highest BCUT2D eigenvalue weighted by molar-refractivity contribution is 5.95. The Kier molecular flexibility index (Phi) is 5.38. The minimum atomic E-state index is 0.798. The summed E-state index contributed by atoms with van der Waals surface area (Å²) in [7, 11) is 0. The third-order valence-corrected chi connectivity index (χ3v) is 7.58. The molecule has 0 fully saturated rings. The Morgan fingerprint density at radius 2 is 1.15 bits per heavy atom. The molecule has 0 bridgehead atoms. The van der Waals surface area contributed by atoms with E-state index in [1.807, 2.05) is 31.2 Å². The van der Waals surface area contributed by atoms with Gasteiger partial charge in [-0.1, -0.05) is 48.5 Å². The molecule has 0 aliphatic carbocycles. The lowest BCUT2D eigenvalue weighted by Crippen LogP contribution is -2.24. The Hall–Kier alpha value is -5.11. The number of anilines is 4. The van der Waals surface area contributed by atoms with Crippen LogP contribution in [0.4, 0.5) is 23.0 Å². The fraction of sp³-hybridized carbons (Fsp3) is 0.156. The summed E-state index contributed by atoms with van der Waals surface area (Å²) < 4.78 is 1.57. The summed E-state index contributed by atoms with van der Waals surface area (Å²) in [6.07, 6.45) is 5.99. The Morgan fingerprint density at radius 1 is 0.625 bits per heavy atom. The van der Waals surface area contributed by atoms with Crippen molar-refractivity contribution in [1.29, 1.82) is 0 Å². The van der Waals surface area contributed by atoms with Crippen molar-refractivity contribution in [2.24, 2.45) is 0 Å². The Balaban J connectivity index is 1.60. The quantitative estimate of drug-likeness (QED) is 0.284. The van der Waals surface area contributed by atoms with E-state index in [0.717, 1.165) is 78.5 Å². The van der Waals surface area contributed by atoms with Crippen LogP contribution >= 0.6 is 0 Å². The minimum absolute atomic E-state index is 0.798. The van der Waals surface area contributed by atoms with Crippen LogP contribution in [0, 0.1) is 34.6 Å².